The number of hydrogen-bond acceptors (Lipinski definition) is 5. The Balaban J connectivity index is 4.23. The Morgan fingerprint density at radius 2 is 0.703 bits per heavy atom. The van der Waals surface area contributed by atoms with Crippen LogP contribution in [0.1, 0.15) is 290 Å². The zero-order valence-corrected chi connectivity index (χ0v) is 43.1. The molecule has 0 rings (SSSR count). The van der Waals surface area contributed by atoms with Crippen LogP contribution in [0, 0.1) is 0 Å². The minimum atomic E-state index is -0.549. The lowest BCUT2D eigenvalue weighted by Gasteiger charge is -2.18. The highest BCUT2D eigenvalue weighted by Crippen LogP contribution is 2.16. The third-order valence-corrected chi connectivity index (χ3v) is 12.3. The van der Waals surface area contributed by atoms with Crippen LogP contribution in [0.2, 0.25) is 0 Å². The average Bonchev–Trinajstić information content (AvgIpc) is 3.30. The second kappa shape index (κ2) is 55.2. The summed E-state index contributed by atoms with van der Waals surface area (Å²) in [4.78, 5) is 25.5. The van der Waals surface area contributed by atoms with E-state index in [2.05, 4.69) is 69.4 Å². The fourth-order valence-electron chi connectivity index (χ4n) is 8.17. The number of rotatable bonds is 52. The molecule has 1 unspecified atom stereocenters. The average molecular weight is 898 g/mol. The molecule has 0 N–H and O–H groups in total. The van der Waals surface area contributed by atoms with Crippen molar-refractivity contribution >= 4 is 11.9 Å². The maximum Gasteiger partial charge on any atom is 0.306 e. The first kappa shape index (κ1) is 61.9. The van der Waals surface area contributed by atoms with Gasteiger partial charge < -0.3 is 14.2 Å². The molecule has 0 radical (unpaired) electrons. The largest absolute Gasteiger partial charge is 0.462 e. The van der Waals surface area contributed by atoms with Gasteiger partial charge >= 0.3 is 11.9 Å². The lowest BCUT2D eigenvalue weighted by molar-refractivity contribution is -0.163. The van der Waals surface area contributed by atoms with E-state index in [1.54, 1.807) is 0 Å². The molecular formula is C59H108O5. The van der Waals surface area contributed by atoms with E-state index in [1.165, 1.54) is 186 Å². The van der Waals surface area contributed by atoms with Gasteiger partial charge in [-0.2, -0.15) is 0 Å². The summed E-state index contributed by atoms with van der Waals surface area (Å²) >= 11 is 0. The summed E-state index contributed by atoms with van der Waals surface area (Å²) in [6.07, 6.45) is 68.5. The van der Waals surface area contributed by atoms with Gasteiger partial charge in [0.1, 0.15) is 6.61 Å². The molecule has 0 saturated carbocycles. The number of esters is 2. The Hall–Kier alpha value is -2.14. The molecule has 0 fully saturated rings. The molecule has 0 aromatic carbocycles. The maximum absolute atomic E-state index is 12.8. The SMILES string of the molecule is CC/C=C\C/C=C\C/C=C\CCCCCC(=O)OC(COCCCCCCCCCCCCCCCCCC)COC(=O)CCCCCCCCCCC/C=C\CCCCCCCC. The van der Waals surface area contributed by atoms with Crippen molar-refractivity contribution in [1.82, 2.24) is 0 Å². The predicted octanol–water partition coefficient (Wildman–Crippen LogP) is 19.1. The van der Waals surface area contributed by atoms with Gasteiger partial charge in [-0.25, -0.2) is 0 Å². The smallest absolute Gasteiger partial charge is 0.306 e. The van der Waals surface area contributed by atoms with Crippen molar-refractivity contribution in [2.75, 3.05) is 19.8 Å². The van der Waals surface area contributed by atoms with Crippen LogP contribution in [0.15, 0.2) is 48.6 Å². The molecule has 0 amide bonds. The minimum absolute atomic E-state index is 0.0760. The first-order valence-corrected chi connectivity index (χ1v) is 28.2. The summed E-state index contributed by atoms with van der Waals surface area (Å²) in [7, 11) is 0. The van der Waals surface area contributed by atoms with Gasteiger partial charge in [-0.3, -0.25) is 9.59 Å². The van der Waals surface area contributed by atoms with Crippen molar-refractivity contribution in [3.05, 3.63) is 48.6 Å². The van der Waals surface area contributed by atoms with Crippen LogP contribution in [-0.4, -0.2) is 37.9 Å². The van der Waals surface area contributed by atoms with Crippen molar-refractivity contribution in [3.8, 4) is 0 Å². The van der Waals surface area contributed by atoms with E-state index in [-0.39, 0.29) is 25.2 Å². The molecule has 0 saturated heterocycles. The molecular weight excluding hydrogens is 789 g/mol. The summed E-state index contributed by atoms with van der Waals surface area (Å²) in [5.74, 6) is -0.419. The number of hydrogen-bond donors (Lipinski definition) is 0. The standard InChI is InChI=1S/C59H108O5/c1-4-7-10-13-16-19-22-25-27-29-30-31-32-35-37-40-43-46-49-52-58(60)63-56-57(64-59(61)53-50-47-44-41-38-34-24-21-18-15-12-9-6-3)55-62-54-51-48-45-42-39-36-33-28-26-23-20-17-14-11-8-5-2/h9,12,18,21,25,27,34,38,57H,4-8,10-11,13-17,19-20,22-24,26,28-33,35-37,39-56H2,1-3H3/b12-9-,21-18-,27-25-,38-34-. The summed E-state index contributed by atoms with van der Waals surface area (Å²) in [5.41, 5.74) is 0. The third-order valence-electron chi connectivity index (χ3n) is 12.3. The molecule has 374 valence electrons. The Kier molecular flexibility index (Phi) is 53.3. The highest BCUT2D eigenvalue weighted by atomic mass is 16.6. The van der Waals surface area contributed by atoms with E-state index >= 15 is 0 Å². The summed E-state index contributed by atoms with van der Waals surface area (Å²) in [5, 5.41) is 0. The van der Waals surface area contributed by atoms with Crippen LogP contribution < -0.4 is 0 Å². The quantitative estimate of drug-likeness (QED) is 0.0346. The van der Waals surface area contributed by atoms with Crippen LogP contribution in [0.25, 0.3) is 0 Å². The molecule has 0 aliphatic carbocycles. The van der Waals surface area contributed by atoms with Crippen LogP contribution in [0.5, 0.6) is 0 Å². The Bertz CT molecular complexity index is 1060. The molecule has 1 atom stereocenters. The lowest BCUT2D eigenvalue weighted by atomic mass is 10.0. The molecule has 64 heavy (non-hydrogen) atoms. The number of carbonyl (C=O) groups is 2. The van der Waals surface area contributed by atoms with E-state index in [0.29, 0.717) is 19.4 Å². The Morgan fingerprint density at radius 3 is 1.16 bits per heavy atom. The van der Waals surface area contributed by atoms with Crippen LogP contribution in [-0.2, 0) is 23.8 Å². The minimum Gasteiger partial charge on any atom is -0.462 e. The predicted molar refractivity (Wildman–Crippen MR) is 279 cm³/mol. The molecule has 0 aliphatic heterocycles. The van der Waals surface area contributed by atoms with Crippen molar-refractivity contribution in [1.29, 1.82) is 0 Å². The fourth-order valence-corrected chi connectivity index (χ4v) is 8.17. The van der Waals surface area contributed by atoms with E-state index in [4.69, 9.17) is 14.2 Å². The lowest BCUT2D eigenvalue weighted by Crippen LogP contribution is -2.30. The summed E-state index contributed by atoms with van der Waals surface area (Å²) < 4.78 is 17.4. The van der Waals surface area contributed by atoms with Crippen molar-refractivity contribution in [2.24, 2.45) is 0 Å². The van der Waals surface area contributed by atoms with Gasteiger partial charge in [0.15, 0.2) is 6.10 Å². The molecule has 0 aromatic rings. The number of unbranched alkanes of at least 4 members (excludes halogenated alkanes) is 33. The number of ether oxygens (including phenoxy) is 3. The van der Waals surface area contributed by atoms with Crippen molar-refractivity contribution in [2.45, 2.75) is 297 Å². The van der Waals surface area contributed by atoms with Gasteiger partial charge in [0.05, 0.1) is 6.61 Å². The van der Waals surface area contributed by atoms with Crippen LogP contribution in [0.3, 0.4) is 0 Å². The Labute approximate surface area is 399 Å². The number of carbonyl (C=O) groups excluding carboxylic acids is 2. The first-order chi connectivity index (χ1) is 31.6. The van der Waals surface area contributed by atoms with Gasteiger partial charge in [-0.15, -0.1) is 0 Å². The monoisotopic (exact) mass is 897 g/mol. The highest BCUT2D eigenvalue weighted by molar-refractivity contribution is 5.70. The molecule has 0 aliphatic rings. The molecule has 0 heterocycles. The highest BCUT2D eigenvalue weighted by Gasteiger charge is 2.17. The normalized spacial score (nSPS) is 12.5. The molecule has 5 heteroatoms. The van der Waals surface area contributed by atoms with Crippen LogP contribution >= 0.6 is 0 Å². The van der Waals surface area contributed by atoms with E-state index < -0.39 is 6.10 Å². The molecule has 0 aromatic heterocycles. The zero-order valence-electron chi connectivity index (χ0n) is 43.1. The topological polar surface area (TPSA) is 61.8 Å². The van der Waals surface area contributed by atoms with Gasteiger partial charge in [-0.1, -0.05) is 249 Å². The van der Waals surface area contributed by atoms with Gasteiger partial charge in [-0.05, 0) is 77.0 Å². The number of allylic oxidation sites excluding steroid dienone is 8. The second-order valence-corrected chi connectivity index (χ2v) is 18.8. The van der Waals surface area contributed by atoms with Gasteiger partial charge in [0.2, 0.25) is 0 Å². The second-order valence-electron chi connectivity index (χ2n) is 18.8. The molecule has 0 spiro atoms. The van der Waals surface area contributed by atoms with Gasteiger partial charge in [0, 0.05) is 19.4 Å². The van der Waals surface area contributed by atoms with Crippen molar-refractivity contribution in [3.63, 3.8) is 0 Å². The zero-order chi connectivity index (χ0) is 46.3. The summed E-state index contributed by atoms with van der Waals surface area (Å²) in [6, 6.07) is 0. The van der Waals surface area contributed by atoms with E-state index in [0.717, 1.165) is 70.6 Å². The maximum atomic E-state index is 12.8. The van der Waals surface area contributed by atoms with Gasteiger partial charge in [0.25, 0.3) is 0 Å². The summed E-state index contributed by atoms with van der Waals surface area (Å²) in [6.45, 7) is 7.73. The fraction of sp³-hybridized carbons (Fsp3) is 0.831. The molecule has 5 nitrogen and oxygen atoms in total. The van der Waals surface area contributed by atoms with Crippen LogP contribution in [0.4, 0.5) is 0 Å². The van der Waals surface area contributed by atoms with Crippen molar-refractivity contribution < 1.29 is 23.8 Å². The van der Waals surface area contributed by atoms with E-state index in [1.807, 2.05) is 0 Å². The first-order valence-electron chi connectivity index (χ1n) is 28.2. The molecule has 0 bridgehead atoms. The Morgan fingerprint density at radius 1 is 0.359 bits per heavy atom. The van der Waals surface area contributed by atoms with E-state index in [9.17, 15) is 9.59 Å². The third kappa shape index (κ3) is 52.5.